The second kappa shape index (κ2) is 4.72. The van der Waals surface area contributed by atoms with Crippen LogP contribution in [-0.2, 0) is 11.2 Å². The number of carboxylic acids is 1. The van der Waals surface area contributed by atoms with Gasteiger partial charge in [0.15, 0.2) is 0 Å². The summed E-state index contributed by atoms with van der Waals surface area (Å²) in [7, 11) is 0. The Morgan fingerprint density at radius 3 is 2.72 bits per heavy atom. The fourth-order valence-electron chi connectivity index (χ4n) is 2.18. The third kappa shape index (κ3) is 2.32. The fraction of sp³-hybridized carbons (Fsp3) is 0.357. The maximum absolute atomic E-state index is 10.7. The summed E-state index contributed by atoms with van der Waals surface area (Å²) < 4.78 is 2.10. The lowest BCUT2D eigenvalue weighted by atomic mass is 10.1. The van der Waals surface area contributed by atoms with Crippen LogP contribution >= 0.6 is 0 Å². The molecule has 0 bridgehead atoms. The topological polar surface area (TPSA) is 62.5 Å². The molecule has 0 amide bonds. The number of aliphatic carboxylic acids is 1. The van der Waals surface area contributed by atoms with Gasteiger partial charge in [0.1, 0.15) is 5.75 Å². The number of aryl methyl sites for hydroxylation is 1. The number of fused-ring (bicyclic) bond motifs is 1. The molecule has 0 saturated heterocycles. The summed E-state index contributed by atoms with van der Waals surface area (Å²) in [6.07, 6.45) is 2.57. The van der Waals surface area contributed by atoms with Crippen LogP contribution in [0.3, 0.4) is 0 Å². The van der Waals surface area contributed by atoms with Gasteiger partial charge in [-0.3, -0.25) is 4.79 Å². The van der Waals surface area contributed by atoms with Crippen LogP contribution in [0, 0.1) is 0 Å². The van der Waals surface area contributed by atoms with Crippen molar-refractivity contribution in [1.29, 1.82) is 0 Å². The van der Waals surface area contributed by atoms with Crippen LogP contribution < -0.4 is 0 Å². The first-order valence-corrected chi connectivity index (χ1v) is 6.03. The van der Waals surface area contributed by atoms with Gasteiger partial charge < -0.3 is 14.8 Å². The number of rotatable bonds is 4. The molecule has 1 aromatic carbocycles. The molecule has 4 nitrogen and oxygen atoms in total. The van der Waals surface area contributed by atoms with E-state index in [2.05, 4.69) is 18.4 Å². The van der Waals surface area contributed by atoms with E-state index >= 15 is 0 Å². The van der Waals surface area contributed by atoms with Crippen LogP contribution in [0.5, 0.6) is 5.75 Å². The monoisotopic (exact) mass is 247 g/mol. The number of carbonyl (C=O) groups is 1. The van der Waals surface area contributed by atoms with E-state index in [-0.39, 0.29) is 12.2 Å². The molecule has 4 heteroatoms. The van der Waals surface area contributed by atoms with Crippen molar-refractivity contribution in [3.63, 3.8) is 0 Å². The standard InChI is InChI=1S/C14H17NO3/c1-9(2)15-8-10(3-6-14(17)18)12-7-11(16)4-5-13(12)15/h4-5,7-9,16H,3,6H2,1-2H3,(H,17,18). The van der Waals surface area contributed by atoms with Gasteiger partial charge in [-0.05, 0) is 44.0 Å². The van der Waals surface area contributed by atoms with E-state index in [1.165, 1.54) is 0 Å². The predicted octanol–water partition coefficient (Wildman–Crippen LogP) is 2.95. The van der Waals surface area contributed by atoms with Crippen molar-refractivity contribution in [2.45, 2.75) is 32.7 Å². The molecule has 2 N–H and O–H groups in total. The van der Waals surface area contributed by atoms with Gasteiger partial charge in [-0.2, -0.15) is 0 Å². The molecule has 0 saturated carbocycles. The maximum Gasteiger partial charge on any atom is 0.303 e. The Morgan fingerprint density at radius 2 is 2.11 bits per heavy atom. The largest absolute Gasteiger partial charge is 0.508 e. The van der Waals surface area contributed by atoms with Crippen LogP contribution in [0.2, 0.25) is 0 Å². The van der Waals surface area contributed by atoms with Crippen molar-refractivity contribution in [1.82, 2.24) is 4.57 Å². The number of phenols is 1. The van der Waals surface area contributed by atoms with Crippen LogP contribution in [0.15, 0.2) is 24.4 Å². The Bertz CT molecular complexity index is 584. The molecule has 96 valence electrons. The molecule has 0 aliphatic heterocycles. The van der Waals surface area contributed by atoms with Crippen LogP contribution in [0.1, 0.15) is 31.9 Å². The molecule has 0 aliphatic carbocycles. The Kier molecular flexibility index (Phi) is 3.28. The van der Waals surface area contributed by atoms with Gasteiger partial charge in [0.25, 0.3) is 0 Å². The van der Waals surface area contributed by atoms with E-state index in [1.807, 2.05) is 12.3 Å². The number of carboxylic acid groups (broad SMARTS) is 1. The van der Waals surface area contributed by atoms with Crippen LogP contribution in [0.4, 0.5) is 0 Å². The zero-order valence-electron chi connectivity index (χ0n) is 10.6. The van der Waals surface area contributed by atoms with E-state index in [0.29, 0.717) is 12.5 Å². The van der Waals surface area contributed by atoms with E-state index in [0.717, 1.165) is 16.5 Å². The van der Waals surface area contributed by atoms with Gasteiger partial charge in [0.05, 0.1) is 0 Å². The van der Waals surface area contributed by atoms with Gasteiger partial charge in [-0.15, -0.1) is 0 Å². The van der Waals surface area contributed by atoms with Gasteiger partial charge in [-0.25, -0.2) is 0 Å². The zero-order chi connectivity index (χ0) is 13.3. The second-order valence-corrected chi connectivity index (χ2v) is 4.75. The number of phenolic OH excluding ortho intramolecular Hbond substituents is 1. The van der Waals surface area contributed by atoms with Crippen molar-refractivity contribution in [2.24, 2.45) is 0 Å². The summed E-state index contributed by atoms with van der Waals surface area (Å²) in [5.74, 6) is -0.596. The molecule has 2 aromatic rings. The first kappa shape index (κ1) is 12.5. The second-order valence-electron chi connectivity index (χ2n) is 4.75. The highest BCUT2D eigenvalue weighted by Crippen LogP contribution is 2.28. The molecular weight excluding hydrogens is 230 g/mol. The van der Waals surface area contributed by atoms with Gasteiger partial charge in [-0.1, -0.05) is 0 Å². The first-order valence-electron chi connectivity index (χ1n) is 6.03. The molecular formula is C14H17NO3. The zero-order valence-corrected chi connectivity index (χ0v) is 10.6. The molecule has 1 aromatic heterocycles. The highest BCUT2D eigenvalue weighted by molar-refractivity contribution is 5.86. The molecule has 0 unspecified atom stereocenters. The summed E-state index contributed by atoms with van der Waals surface area (Å²) in [5, 5.41) is 19.3. The Labute approximate surface area is 105 Å². The minimum atomic E-state index is -0.805. The van der Waals surface area contributed by atoms with Crippen LogP contribution in [-0.4, -0.2) is 20.7 Å². The lowest BCUT2D eigenvalue weighted by molar-refractivity contribution is -0.136. The molecule has 1 heterocycles. The molecule has 0 radical (unpaired) electrons. The van der Waals surface area contributed by atoms with E-state index in [4.69, 9.17) is 5.11 Å². The molecule has 2 rings (SSSR count). The van der Waals surface area contributed by atoms with Crippen molar-refractivity contribution < 1.29 is 15.0 Å². The van der Waals surface area contributed by atoms with Gasteiger partial charge in [0, 0.05) is 29.6 Å². The fourth-order valence-corrected chi connectivity index (χ4v) is 2.18. The Morgan fingerprint density at radius 1 is 1.39 bits per heavy atom. The summed E-state index contributed by atoms with van der Waals surface area (Å²) in [6.45, 7) is 4.15. The predicted molar refractivity (Wildman–Crippen MR) is 69.9 cm³/mol. The average Bonchev–Trinajstić information content (AvgIpc) is 2.64. The number of aromatic nitrogens is 1. The molecule has 18 heavy (non-hydrogen) atoms. The van der Waals surface area contributed by atoms with Crippen LogP contribution in [0.25, 0.3) is 10.9 Å². The summed E-state index contributed by atoms with van der Waals surface area (Å²) in [4.78, 5) is 10.7. The van der Waals surface area contributed by atoms with Crippen molar-refractivity contribution in [3.8, 4) is 5.75 Å². The highest BCUT2D eigenvalue weighted by atomic mass is 16.4. The van der Waals surface area contributed by atoms with Crippen molar-refractivity contribution in [2.75, 3.05) is 0 Å². The minimum absolute atomic E-state index is 0.104. The van der Waals surface area contributed by atoms with Crippen molar-refractivity contribution in [3.05, 3.63) is 30.0 Å². The van der Waals surface area contributed by atoms with Crippen molar-refractivity contribution >= 4 is 16.9 Å². The highest BCUT2D eigenvalue weighted by Gasteiger charge is 2.12. The lowest BCUT2D eigenvalue weighted by Crippen LogP contribution is -1.98. The van der Waals surface area contributed by atoms with Gasteiger partial charge in [0.2, 0.25) is 0 Å². The van der Waals surface area contributed by atoms with Gasteiger partial charge >= 0.3 is 5.97 Å². The summed E-state index contributed by atoms with van der Waals surface area (Å²) >= 11 is 0. The normalized spacial score (nSPS) is 11.3. The summed E-state index contributed by atoms with van der Waals surface area (Å²) in [5.41, 5.74) is 2.00. The van der Waals surface area contributed by atoms with E-state index in [9.17, 15) is 9.90 Å². The van der Waals surface area contributed by atoms with E-state index in [1.54, 1.807) is 12.1 Å². The smallest absolute Gasteiger partial charge is 0.303 e. The number of nitrogens with zero attached hydrogens (tertiary/aromatic N) is 1. The third-order valence-electron chi connectivity index (χ3n) is 3.06. The number of aromatic hydroxyl groups is 1. The number of hydrogen-bond donors (Lipinski definition) is 2. The first-order chi connectivity index (χ1) is 8.49. The Hall–Kier alpha value is -1.97. The number of benzene rings is 1. The quantitative estimate of drug-likeness (QED) is 0.873. The average molecular weight is 247 g/mol. The minimum Gasteiger partial charge on any atom is -0.508 e. The summed E-state index contributed by atoms with van der Waals surface area (Å²) in [6, 6.07) is 5.53. The molecule has 0 fully saturated rings. The lowest BCUT2D eigenvalue weighted by Gasteiger charge is -2.08. The molecule has 0 aliphatic rings. The van der Waals surface area contributed by atoms with E-state index < -0.39 is 5.97 Å². The number of hydrogen-bond acceptors (Lipinski definition) is 2. The Balaban J connectivity index is 2.51. The third-order valence-corrected chi connectivity index (χ3v) is 3.06. The SMILES string of the molecule is CC(C)n1cc(CCC(=O)O)c2cc(O)ccc21. The molecule has 0 spiro atoms. The molecule has 0 atom stereocenters. The maximum atomic E-state index is 10.7.